The van der Waals surface area contributed by atoms with Gasteiger partial charge >= 0.3 is 0 Å². The van der Waals surface area contributed by atoms with Gasteiger partial charge in [-0.25, -0.2) is 9.37 Å². The highest BCUT2D eigenvalue weighted by Crippen LogP contribution is 2.27. The topological polar surface area (TPSA) is 16.1 Å². The van der Waals surface area contributed by atoms with Gasteiger partial charge in [0, 0.05) is 13.1 Å². The summed E-state index contributed by atoms with van der Waals surface area (Å²) in [6, 6.07) is 3.85. The van der Waals surface area contributed by atoms with Crippen molar-refractivity contribution in [3.8, 4) is 0 Å². The minimum Gasteiger partial charge on any atom is -0.357 e. The number of nitrogens with zero attached hydrogens (tertiary/aromatic N) is 2. The average Bonchev–Trinajstić information content (AvgIpc) is 2.06. The van der Waals surface area contributed by atoms with Gasteiger partial charge in [0.1, 0.15) is 11.6 Å². The Morgan fingerprint density at radius 2 is 2.14 bits per heavy atom. The summed E-state index contributed by atoms with van der Waals surface area (Å²) in [6.07, 6.45) is 3.76. The number of hydrogen-bond donors (Lipinski definition) is 0. The van der Waals surface area contributed by atoms with Crippen LogP contribution in [0.2, 0.25) is 0 Å². The van der Waals surface area contributed by atoms with E-state index < -0.39 is 0 Å². The maximum atomic E-state index is 13.0. The molecule has 0 N–H and O–H groups in total. The first-order valence-electron chi connectivity index (χ1n) is 5.04. The lowest BCUT2D eigenvalue weighted by Gasteiger charge is -2.35. The van der Waals surface area contributed by atoms with E-state index in [-0.39, 0.29) is 5.82 Å². The first-order chi connectivity index (χ1) is 6.68. The van der Waals surface area contributed by atoms with Crippen LogP contribution in [-0.2, 0) is 0 Å². The molecule has 3 heteroatoms. The molecule has 0 saturated heterocycles. The molecule has 0 bridgehead atoms. The van der Waals surface area contributed by atoms with Crippen molar-refractivity contribution < 1.29 is 4.39 Å². The molecule has 0 aromatic carbocycles. The van der Waals surface area contributed by atoms with Crippen molar-refractivity contribution in [2.24, 2.45) is 0 Å². The van der Waals surface area contributed by atoms with E-state index in [0.29, 0.717) is 11.7 Å². The molecule has 1 aliphatic rings. The van der Waals surface area contributed by atoms with E-state index in [4.69, 9.17) is 0 Å². The molecule has 1 aliphatic carbocycles. The van der Waals surface area contributed by atoms with Gasteiger partial charge in [0.2, 0.25) is 0 Å². The molecule has 0 amide bonds. The quantitative estimate of drug-likeness (QED) is 0.719. The molecule has 1 saturated carbocycles. The average molecular weight is 194 g/mol. The molecule has 14 heavy (non-hydrogen) atoms. The van der Waals surface area contributed by atoms with E-state index in [9.17, 15) is 4.39 Å². The van der Waals surface area contributed by atoms with Crippen LogP contribution in [0.5, 0.6) is 0 Å². The number of anilines is 1. The number of halogens is 1. The van der Waals surface area contributed by atoms with Crippen LogP contribution in [0.15, 0.2) is 12.1 Å². The second kappa shape index (κ2) is 3.56. The normalized spacial score (nSPS) is 16.5. The van der Waals surface area contributed by atoms with E-state index in [1.807, 2.05) is 7.05 Å². The fraction of sp³-hybridized carbons (Fsp3) is 0.545. The van der Waals surface area contributed by atoms with Gasteiger partial charge in [0.25, 0.3) is 0 Å². The van der Waals surface area contributed by atoms with E-state index in [2.05, 4.69) is 9.88 Å². The molecule has 0 unspecified atom stereocenters. The predicted molar refractivity (Wildman–Crippen MR) is 55.0 cm³/mol. The van der Waals surface area contributed by atoms with Crippen molar-refractivity contribution in [1.29, 1.82) is 0 Å². The van der Waals surface area contributed by atoms with Crippen molar-refractivity contribution in [3.05, 3.63) is 23.6 Å². The van der Waals surface area contributed by atoms with Gasteiger partial charge in [-0.1, -0.05) is 0 Å². The minimum atomic E-state index is -0.226. The molecule has 1 heterocycles. The summed E-state index contributed by atoms with van der Waals surface area (Å²) in [7, 11) is 2.03. The minimum absolute atomic E-state index is 0.226. The third-order valence-corrected chi connectivity index (χ3v) is 2.99. The van der Waals surface area contributed by atoms with Crippen LogP contribution in [0.3, 0.4) is 0 Å². The smallest absolute Gasteiger partial charge is 0.144 e. The second-order valence-electron chi connectivity index (χ2n) is 3.93. The van der Waals surface area contributed by atoms with Crippen LogP contribution in [0.4, 0.5) is 10.2 Å². The summed E-state index contributed by atoms with van der Waals surface area (Å²) in [5.41, 5.74) is 0.480. The fourth-order valence-electron chi connectivity index (χ4n) is 1.69. The van der Waals surface area contributed by atoms with Gasteiger partial charge in [-0.05, 0) is 38.3 Å². The third-order valence-electron chi connectivity index (χ3n) is 2.99. The summed E-state index contributed by atoms with van der Waals surface area (Å²) in [6.45, 7) is 1.70. The highest BCUT2D eigenvalue weighted by molar-refractivity contribution is 5.40. The van der Waals surface area contributed by atoms with Gasteiger partial charge in [-0.2, -0.15) is 0 Å². The summed E-state index contributed by atoms with van der Waals surface area (Å²) in [5, 5.41) is 0. The van der Waals surface area contributed by atoms with Crippen molar-refractivity contribution in [3.63, 3.8) is 0 Å². The summed E-state index contributed by atoms with van der Waals surface area (Å²) >= 11 is 0. The molecule has 0 radical (unpaired) electrons. The van der Waals surface area contributed by atoms with Crippen molar-refractivity contribution >= 4 is 5.82 Å². The Hall–Kier alpha value is -1.12. The zero-order valence-corrected chi connectivity index (χ0v) is 8.63. The van der Waals surface area contributed by atoms with Crippen molar-refractivity contribution in [2.75, 3.05) is 11.9 Å². The zero-order chi connectivity index (χ0) is 10.1. The highest BCUT2D eigenvalue weighted by Gasteiger charge is 2.23. The molecule has 2 nitrogen and oxygen atoms in total. The largest absolute Gasteiger partial charge is 0.357 e. The predicted octanol–water partition coefficient (Wildman–Crippen LogP) is 2.52. The first-order valence-corrected chi connectivity index (χ1v) is 5.04. The second-order valence-corrected chi connectivity index (χ2v) is 3.93. The molecule has 1 aromatic rings. The molecular formula is C11H15FN2. The van der Waals surface area contributed by atoms with Crippen LogP contribution in [0.1, 0.15) is 25.0 Å². The summed E-state index contributed by atoms with van der Waals surface area (Å²) in [5.74, 6) is 0.657. The number of aromatic nitrogens is 1. The monoisotopic (exact) mass is 194 g/mol. The number of aryl methyl sites for hydroxylation is 1. The molecule has 0 spiro atoms. The molecule has 1 fully saturated rings. The number of pyridine rings is 1. The zero-order valence-electron chi connectivity index (χ0n) is 8.63. The van der Waals surface area contributed by atoms with E-state index >= 15 is 0 Å². The lowest BCUT2D eigenvalue weighted by atomic mass is 9.92. The van der Waals surface area contributed by atoms with Crippen LogP contribution in [0, 0.1) is 12.7 Å². The van der Waals surface area contributed by atoms with Gasteiger partial charge in [-0.15, -0.1) is 0 Å². The maximum Gasteiger partial charge on any atom is 0.144 e. The fourth-order valence-corrected chi connectivity index (χ4v) is 1.69. The lowest BCUT2D eigenvalue weighted by Crippen LogP contribution is -2.37. The Kier molecular flexibility index (Phi) is 2.40. The van der Waals surface area contributed by atoms with Crippen LogP contribution < -0.4 is 4.90 Å². The summed E-state index contributed by atoms with van der Waals surface area (Å²) < 4.78 is 13.0. The van der Waals surface area contributed by atoms with Gasteiger partial charge in [-0.3, -0.25) is 0 Å². The van der Waals surface area contributed by atoms with Crippen LogP contribution >= 0.6 is 0 Å². The molecular weight excluding hydrogens is 179 g/mol. The Morgan fingerprint density at radius 3 is 2.64 bits per heavy atom. The Labute approximate surface area is 83.8 Å². The van der Waals surface area contributed by atoms with E-state index in [1.165, 1.54) is 25.3 Å². The Bertz CT molecular complexity index is 334. The third kappa shape index (κ3) is 1.59. The SMILES string of the molecule is Cc1nc(N(C)C2CCC2)ccc1F. The molecule has 1 aromatic heterocycles. The van der Waals surface area contributed by atoms with Crippen LogP contribution in [-0.4, -0.2) is 18.1 Å². The Morgan fingerprint density at radius 1 is 1.43 bits per heavy atom. The van der Waals surface area contributed by atoms with Crippen LogP contribution in [0.25, 0.3) is 0 Å². The van der Waals surface area contributed by atoms with Gasteiger partial charge in [0.05, 0.1) is 5.69 Å². The lowest BCUT2D eigenvalue weighted by molar-refractivity contribution is 0.399. The molecule has 0 atom stereocenters. The van der Waals surface area contributed by atoms with Gasteiger partial charge in [0.15, 0.2) is 0 Å². The highest BCUT2D eigenvalue weighted by atomic mass is 19.1. The van der Waals surface area contributed by atoms with Crippen molar-refractivity contribution in [1.82, 2.24) is 4.98 Å². The number of hydrogen-bond acceptors (Lipinski definition) is 2. The first kappa shape index (κ1) is 9.44. The molecule has 2 rings (SSSR count). The Balaban J connectivity index is 2.18. The van der Waals surface area contributed by atoms with Crippen molar-refractivity contribution in [2.45, 2.75) is 32.2 Å². The molecule has 0 aliphatic heterocycles. The maximum absolute atomic E-state index is 13.0. The summed E-state index contributed by atoms with van der Waals surface area (Å²) in [4.78, 5) is 6.38. The number of rotatable bonds is 2. The van der Waals surface area contributed by atoms with E-state index in [1.54, 1.807) is 13.0 Å². The standard InChI is InChI=1S/C11H15FN2/c1-8-10(12)6-7-11(13-8)14(2)9-4-3-5-9/h6-7,9H,3-5H2,1-2H3. The van der Waals surface area contributed by atoms with E-state index in [0.717, 1.165) is 5.82 Å². The van der Waals surface area contributed by atoms with Gasteiger partial charge < -0.3 is 4.90 Å². The molecule has 76 valence electrons.